The molecule has 23 heavy (non-hydrogen) atoms. The number of ether oxygens (including phenoxy) is 1. The van der Waals surface area contributed by atoms with E-state index in [0.29, 0.717) is 11.3 Å². The van der Waals surface area contributed by atoms with E-state index < -0.39 is 5.41 Å². The molecule has 0 atom stereocenters. The van der Waals surface area contributed by atoms with E-state index in [9.17, 15) is 9.59 Å². The second-order valence-corrected chi connectivity index (χ2v) is 5.90. The van der Waals surface area contributed by atoms with Crippen molar-refractivity contribution in [3.8, 4) is 5.75 Å². The average molecular weight is 309 g/mol. The van der Waals surface area contributed by atoms with Gasteiger partial charge in [0.2, 0.25) is 5.91 Å². The van der Waals surface area contributed by atoms with E-state index in [0.717, 1.165) is 24.2 Å². The zero-order valence-electron chi connectivity index (χ0n) is 13.3. The number of amides is 1. The van der Waals surface area contributed by atoms with Crippen molar-refractivity contribution in [3.63, 3.8) is 0 Å². The predicted molar refractivity (Wildman–Crippen MR) is 89.0 cm³/mol. The Labute approximate surface area is 135 Å². The highest BCUT2D eigenvalue weighted by Gasteiger charge is 2.51. The number of carbonyl (C=O) groups excluding carboxylic acids is 2. The van der Waals surface area contributed by atoms with Crippen LogP contribution in [0.2, 0.25) is 0 Å². The van der Waals surface area contributed by atoms with Gasteiger partial charge in [0.1, 0.15) is 5.75 Å². The number of nitrogens with one attached hydrogen (secondary N) is 1. The number of methoxy groups -OCH3 is 1. The Balaban J connectivity index is 1.79. The lowest BCUT2D eigenvalue weighted by Gasteiger charge is -2.16. The Bertz CT molecular complexity index is 745. The Morgan fingerprint density at radius 3 is 2.35 bits per heavy atom. The molecule has 1 fully saturated rings. The molecule has 0 bridgehead atoms. The molecule has 0 radical (unpaired) electrons. The Morgan fingerprint density at radius 1 is 1.09 bits per heavy atom. The molecule has 1 amide bonds. The van der Waals surface area contributed by atoms with Gasteiger partial charge in [-0.25, -0.2) is 0 Å². The van der Waals surface area contributed by atoms with Crippen molar-refractivity contribution in [2.24, 2.45) is 0 Å². The Hall–Kier alpha value is -2.62. The van der Waals surface area contributed by atoms with Crippen molar-refractivity contribution in [1.82, 2.24) is 0 Å². The zero-order valence-corrected chi connectivity index (χ0v) is 13.3. The maximum absolute atomic E-state index is 12.7. The first kappa shape index (κ1) is 15.3. The molecular weight excluding hydrogens is 290 g/mol. The van der Waals surface area contributed by atoms with Crippen LogP contribution in [0.1, 0.15) is 35.7 Å². The lowest BCUT2D eigenvalue weighted by molar-refractivity contribution is -0.118. The molecule has 1 N–H and O–H groups in total. The van der Waals surface area contributed by atoms with Crippen LogP contribution in [0.5, 0.6) is 5.75 Å². The van der Waals surface area contributed by atoms with Crippen molar-refractivity contribution < 1.29 is 14.3 Å². The van der Waals surface area contributed by atoms with Crippen LogP contribution in [0.3, 0.4) is 0 Å². The third-order valence-electron chi connectivity index (χ3n) is 4.35. The van der Waals surface area contributed by atoms with Gasteiger partial charge in [-0.3, -0.25) is 9.59 Å². The van der Waals surface area contributed by atoms with Crippen LogP contribution in [0.4, 0.5) is 5.69 Å². The first-order valence-electron chi connectivity index (χ1n) is 7.62. The summed E-state index contributed by atoms with van der Waals surface area (Å²) in [5.74, 6) is 0.736. The third kappa shape index (κ3) is 2.97. The van der Waals surface area contributed by atoms with E-state index in [2.05, 4.69) is 5.32 Å². The molecule has 1 saturated carbocycles. The molecular formula is C19H19NO3. The number of ketones is 1. The molecule has 0 aliphatic heterocycles. The molecule has 0 saturated heterocycles. The largest absolute Gasteiger partial charge is 0.497 e. The summed E-state index contributed by atoms with van der Waals surface area (Å²) in [7, 11) is 1.62. The van der Waals surface area contributed by atoms with Gasteiger partial charge in [0.25, 0.3) is 0 Å². The second kappa shape index (κ2) is 5.88. The molecule has 4 heteroatoms. The van der Waals surface area contributed by atoms with Crippen molar-refractivity contribution in [2.75, 3.05) is 12.4 Å². The normalized spacial score (nSPS) is 14.9. The number of anilines is 1. The van der Waals surface area contributed by atoms with E-state index in [1.807, 2.05) is 24.3 Å². The number of hydrogen-bond donors (Lipinski definition) is 1. The monoisotopic (exact) mass is 309 g/mol. The van der Waals surface area contributed by atoms with E-state index in [1.165, 1.54) is 6.92 Å². The van der Waals surface area contributed by atoms with E-state index in [-0.39, 0.29) is 11.7 Å². The van der Waals surface area contributed by atoms with Gasteiger partial charge in [-0.1, -0.05) is 24.3 Å². The molecule has 2 aromatic carbocycles. The van der Waals surface area contributed by atoms with E-state index >= 15 is 0 Å². The first-order valence-corrected chi connectivity index (χ1v) is 7.62. The maximum atomic E-state index is 12.7. The number of hydrogen-bond acceptors (Lipinski definition) is 3. The highest BCUT2D eigenvalue weighted by molar-refractivity contribution is 6.02. The summed E-state index contributed by atoms with van der Waals surface area (Å²) in [4.78, 5) is 24.2. The summed E-state index contributed by atoms with van der Waals surface area (Å²) in [6, 6.07) is 14.7. The van der Waals surface area contributed by atoms with Crippen LogP contribution in [0, 0.1) is 0 Å². The Morgan fingerprint density at radius 2 is 1.78 bits per heavy atom. The molecule has 2 aromatic rings. The van der Waals surface area contributed by atoms with E-state index in [1.54, 1.807) is 31.4 Å². The fourth-order valence-corrected chi connectivity index (χ4v) is 2.75. The minimum atomic E-state index is -0.460. The van der Waals surface area contributed by atoms with Gasteiger partial charge in [0.15, 0.2) is 5.78 Å². The summed E-state index contributed by atoms with van der Waals surface area (Å²) in [6.45, 7) is 1.51. The number of rotatable bonds is 5. The highest BCUT2D eigenvalue weighted by atomic mass is 16.5. The van der Waals surface area contributed by atoms with Crippen LogP contribution in [-0.2, 0) is 10.2 Å². The van der Waals surface area contributed by atoms with Crippen molar-refractivity contribution in [2.45, 2.75) is 25.2 Å². The van der Waals surface area contributed by atoms with Crippen molar-refractivity contribution in [1.29, 1.82) is 0 Å². The van der Waals surface area contributed by atoms with Crippen LogP contribution < -0.4 is 10.1 Å². The lowest BCUT2D eigenvalue weighted by atomic mass is 9.94. The fraction of sp³-hybridized carbons (Fsp3) is 0.263. The van der Waals surface area contributed by atoms with Gasteiger partial charge in [-0.2, -0.15) is 0 Å². The summed E-state index contributed by atoms with van der Waals surface area (Å²) < 4.78 is 5.16. The summed E-state index contributed by atoms with van der Waals surface area (Å²) in [5.41, 5.74) is 1.79. The van der Waals surface area contributed by atoms with Gasteiger partial charge in [0, 0.05) is 11.3 Å². The van der Waals surface area contributed by atoms with Crippen LogP contribution in [0.25, 0.3) is 0 Å². The van der Waals surface area contributed by atoms with E-state index in [4.69, 9.17) is 4.74 Å². The molecule has 1 aliphatic carbocycles. The molecule has 118 valence electrons. The fourth-order valence-electron chi connectivity index (χ4n) is 2.75. The molecule has 3 rings (SSSR count). The van der Waals surface area contributed by atoms with Gasteiger partial charge in [-0.05, 0) is 49.6 Å². The maximum Gasteiger partial charge on any atom is 0.235 e. The third-order valence-corrected chi connectivity index (χ3v) is 4.35. The Kier molecular flexibility index (Phi) is 3.90. The number of carbonyl (C=O) groups is 2. The van der Waals surface area contributed by atoms with Gasteiger partial charge in [-0.15, -0.1) is 0 Å². The standard InChI is InChI=1S/C19H19NO3/c1-13(21)14-4-3-5-16(12-14)20-18(22)19(10-11-19)15-6-8-17(23-2)9-7-15/h3-9,12H,10-11H2,1-2H3,(H,20,22). The smallest absolute Gasteiger partial charge is 0.235 e. The highest BCUT2D eigenvalue weighted by Crippen LogP contribution is 2.49. The van der Waals surface area contributed by atoms with Crippen LogP contribution >= 0.6 is 0 Å². The lowest BCUT2D eigenvalue weighted by Crippen LogP contribution is -2.27. The van der Waals surface area contributed by atoms with Crippen LogP contribution in [0.15, 0.2) is 48.5 Å². The molecule has 0 unspecified atom stereocenters. The number of Topliss-reactive ketones (excluding diaryl/α,β-unsaturated/α-hetero) is 1. The zero-order chi connectivity index (χ0) is 16.4. The molecule has 0 heterocycles. The number of benzene rings is 2. The van der Waals surface area contributed by atoms with Gasteiger partial charge >= 0.3 is 0 Å². The topological polar surface area (TPSA) is 55.4 Å². The summed E-state index contributed by atoms with van der Waals surface area (Å²) in [5, 5.41) is 2.94. The predicted octanol–water partition coefficient (Wildman–Crippen LogP) is 3.57. The van der Waals surface area contributed by atoms with Crippen molar-refractivity contribution >= 4 is 17.4 Å². The minimum Gasteiger partial charge on any atom is -0.497 e. The SMILES string of the molecule is COc1ccc(C2(C(=O)Nc3cccc(C(C)=O)c3)CC2)cc1. The summed E-state index contributed by atoms with van der Waals surface area (Å²) >= 11 is 0. The minimum absolute atomic E-state index is 0.0163. The molecule has 0 spiro atoms. The second-order valence-electron chi connectivity index (χ2n) is 5.90. The molecule has 0 aromatic heterocycles. The van der Waals surface area contributed by atoms with Gasteiger partial charge in [0.05, 0.1) is 12.5 Å². The average Bonchev–Trinajstić information content (AvgIpc) is 3.37. The quantitative estimate of drug-likeness (QED) is 0.859. The first-order chi connectivity index (χ1) is 11.0. The van der Waals surface area contributed by atoms with Crippen LogP contribution in [-0.4, -0.2) is 18.8 Å². The van der Waals surface area contributed by atoms with Crippen molar-refractivity contribution in [3.05, 3.63) is 59.7 Å². The molecule has 1 aliphatic rings. The van der Waals surface area contributed by atoms with Gasteiger partial charge < -0.3 is 10.1 Å². The molecule has 4 nitrogen and oxygen atoms in total. The summed E-state index contributed by atoms with van der Waals surface area (Å²) in [6.07, 6.45) is 1.66.